The number of nitrogens with two attached hydrogens (primary N) is 1. The number of hydrogen-bond donors (Lipinski definition) is 1. The smallest absolute Gasteiger partial charge is 0.121 e. The molecule has 1 aromatic carbocycles. The van der Waals surface area contributed by atoms with Crippen LogP contribution in [0.4, 0.5) is 0 Å². The number of aryl methyl sites for hydroxylation is 1. The first-order valence-corrected chi connectivity index (χ1v) is 6.98. The largest absolute Gasteiger partial charge is 0.496 e. The summed E-state index contributed by atoms with van der Waals surface area (Å²) in [5, 5.41) is 4.12. The van der Waals surface area contributed by atoms with Gasteiger partial charge in [-0.05, 0) is 51.0 Å². The summed E-state index contributed by atoms with van der Waals surface area (Å²) in [6.45, 7) is 2.03. The van der Waals surface area contributed by atoms with Crippen molar-refractivity contribution in [3.8, 4) is 5.75 Å². The molecule has 1 aromatic heterocycles. The molecule has 0 spiro atoms. The molecular weight excluding hydrogens is 298 g/mol. The van der Waals surface area contributed by atoms with Crippen molar-refractivity contribution in [2.45, 2.75) is 13.0 Å². The Labute approximate surface area is 114 Å². The standard InChI is InChI=1S/C13H14BrNOS/c1-8-5-9(3-4-12(8)16-2)13(15)10-6-17-7-11(10)14/h3-7,13H,15H2,1-2H3. The number of thiophene rings is 1. The number of ether oxygens (including phenoxy) is 1. The molecule has 90 valence electrons. The number of methoxy groups -OCH3 is 1. The van der Waals surface area contributed by atoms with E-state index in [4.69, 9.17) is 10.5 Å². The summed E-state index contributed by atoms with van der Waals surface area (Å²) in [5.41, 5.74) is 9.59. The van der Waals surface area contributed by atoms with Crippen molar-refractivity contribution >= 4 is 27.3 Å². The predicted octanol–water partition coefficient (Wildman–Crippen LogP) is 3.88. The lowest BCUT2D eigenvalue weighted by Gasteiger charge is -2.14. The maximum atomic E-state index is 6.26. The average Bonchev–Trinajstić information content (AvgIpc) is 2.74. The summed E-state index contributed by atoms with van der Waals surface area (Å²) in [4.78, 5) is 0. The van der Waals surface area contributed by atoms with Gasteiger partial charge in [0.15, 0.2) is 0 Å². The van der Waals surface area contributed by atoms with E-state index in [0.717, 1.165) is 26.9 Å². The molecule has 0 saturated heterocycles. The zero-order valence-corrected chi connectivity index (χ0v) is 12.1. The number of hydrogen-bond acceptors (Lipinski definition) is 3. The van der Waals surface area contributed by atoms with Crippen LogP contribution in [0.1, 0.15) is 22.7 Å². The van der Waals surface area contributed by atoms with Gasteiger partial charge in [0.1, 0.15) is 5.75 Å². The Bertz CT molecular complexity index is 524. The molecule has 17 heavy (non-hydrogen) atoms. The van der Waals surface area contributed by atoms with Crippen LogP contribution in [0, 0.1) is 6.92 Å². The molecule has 0 bridgehead atoms. The third kappa shape index (κ3) is 2.54. The molecule has 4 heteroatoms. The molecule has 2 aromatic rings. The highest BCUT2D eigenvalue weighted by atomic mass is 79.9. The first kappa shape index (κ1) is 12.6. The third-order valence-corrected chi connectivity index (χ3v) is 4.51. The molecule has 2 N–H and O–H groups in total. The molecule has 2 rings (SSSR count). The summed E-state index contributed by atoms with van der Waals surface area (Å²) in [6.07, 6.45) is 0. The molecule has 0 fully saturated rings. The number of rotatable bonds is 3. The van der Waals surface area contributed by atoms with Crippen LogP contribution in [0.3, 0.4) is 0 Å². The van der Waals surface area contributed by atoms with E-state index in [1.807, 2.05) is 24.4 Å². The second kappa shape index (κ2) is 5.21. The minimum Gasteiger partial charge on any atom is -0.496 e. The lowest BCUT2D eigenvalue weighted by Crippen LogP contribution is -2.11. The molecule has 0 aliphatic heterocycles. The Balaban J connectivity index is 2.35. The highest BCUT2D eigenvalue weighted by Crippen LogP contribution is 2.31. The van der Waals surface area contributed by atoms with Crippen molar-refractivity contribution in [3.05, 3.63) is 50.1 Å². The number of halogens is 1. The van der Waals surface area contributed by atoms with Gasteiger partial charge in [-0.15, -0.1) is 0 Å². The second-order valence-electron chi connectivity index (χ2n) is 3.88. The lowest BCUT2D eigenvalue weighted by atomic mass is 10.00. The Hall–Kier alpha value is -0.840. The van der Waals surface area contributed by atoms with Crippen LogP contribution < -0.4 is 10.5 Å². The maximum Gasteiger partial charge on any atom is 0.121 e. The molecule has 0 saturated carbocycles. The quantitative estimate of drug-likeness (QED) is 0.933. The Kier molecular flexibility index (Phi) is 3.86. The predicted molar refractivity (Wildman–Crippen MR) is 75.8 cm³/mol. The van der Waals surface area contributed by atoms with E-state index >= 15 is 0 Å². The van der Waals surface area contributed by atoms with Crippen molar-refractivity contribution in [3.63, 3.8) is 0 Å². The van der Waals surface area contributed by atoms with Gasteiger partial charge >= 0.3 is 0 Å². The zero-order valence-electron chi connectivity index (χ0n) is 9.74. The zero-order chi connectivity index (χ0) is 12.4. The summed E-state index contributed by atoms with van der Waals surface area (Å²) in [6, 6.07) is 5.96. The van der Waals surface area contributed by atoms with Crippen molar-refractivity contribution in [2.24, 2.45) is 5.73 Å². The van der Waals surface area contributed by atoms with Gasteiger partial charge in [0.25, 0.3) is 0 Å². The van der Waals surface area contributed by atoms with E-state index in [9.17, 15) is 0 Å². The van der Waals surface area contributed by atoms with Crippen LogP contribution in [-0.2, 0) is 0 Å². The first-order chi connectivity index (χ1) is 8.13. The van der Waals surface area contributed by atoms with Gasteiger partial charge in [-0.1, -0.05) is 12.1 Å². The molecule has 0 aliphatic carbocycles. The Morgan fingerprint density at radius 1 is 1.35 bits per heavy atom. The highest BCUT2D eigenvalue weighted by Gasteiger charge is 2.14. The van der Waals surface area contributed by atoms with Gasteiger partial charge in [-0.3, -0.25) is 0 Å². The number of benzene rings is 1. The van der Waals surface area contributed by atoms with Crippen molar-refractivity contribution in [1.29, 1.82) is 0 Å². The topological polar surface area (TPSA) is 35.2 Å². The summed E-state index contributed by atoms with van der Waals surface area (Å²) < 4.78 is 6.32. The maximum absolute atomic E-state index is 6.26. The molecule has 0 amide bonds. The molecule has 1 unspecified atom stereocenters. The summed E-state index contributed by atoms with van der Waals surface area (Å²) in [5.74, 6) is 0.894. The van der Waals surface area contributed by atoms with E-state index in [0.29, 0.717) is 0 Å². The van der Waals surface area contributed by atoms with E-state index in [1.54, 1.807) is 18.4 Å². The molecular formula is C13H14BrNOS. The fraction of sp³-hybridized carbons (Fsp3) is 0.231. The lowest BCUT2D eigenvalue weighted by molar-refractivity contribution is 0.411. The van der Waals surface area contributed by atoms with Crippen molar-refractivity contribution < 1.29 is 4.74 Å². The molecule has 2 nitrogen and oxygen atoms in total. The van der Waals surface area contributed by atoms with E-state index in [-0.39, 0.29) is 6.04 Å². The van der Waals surface area contributed by atoms with Gasteiger partial charge in [-0.25, -0.2) is 0 Å². The highest BCUT2D eigenvalue weighted by molar-refractivity contribution is 9.10. The summed E-state index contributed by atoms with van der Waals surface area (Å²) >= 11 is 5.17. The van der Waals surface area contributed by atoms with E-state index in [1.165, 1.54) is 0 Å². The van der Waals surface area contributed by atoms with E-state index in [2.05, 4.69) is 27.4 Å². The van der Waals surface area contributed by atoms with Crippen LogP contribution in [0.2, 0.25) is 0 Å². The van der Waals surface area contributed by atoms with Crippen LogP contribution in [0.5, 0.6) is 5.75 Å². The fourth-order valence-electron chi connectivity index (χ4n) is 1.79. The molecule has 1 atom stereocenters. The monoisotopic (exact) mass is 311 g/mol. The minimum atomic E-state index is -0.0970. The van der Waals surface area contributed by atoms with Gasteiger partial charge in [0.2, 0.25) is 0 Å². The van der Waals surface area contributed by atoms with Crippen LogP contribution in [0.15, 0.2) is 33.4 Å². The SMILES string of the molecule is COc1ccc(C(N)c2cscc2Br)cc1C. The fourth-order valence-corrected chi connectivity index (χ4v) is 3.37. The van der Waals surface area contributed by atoms with E-state index < -0.39 is 0 Å². The Morgan fingerprint density at radius 2 is 2.12 bits per heavy atom. The van der Waals surface area contributed by atoms with Gasteiger partial charge in [0, 0.05) is 9.85 Å². The summed E-state index contributed by atoms with van der Waals surface area (Å²) in [7, 11) is 1.68. The van der Waals surface area contributed by atoms with Crippen molar-refractivity contribution in [2.75, 3.05) is 7.11 Å². The van der Waals surface area contributed by atoms with Gasteiger partial charge in [0.05, 0.1) is 13.2 Å². The van der Waals surface area contributed by atoms with Crippen LogP contribution in [-0.4, -0.2) is 7.11 Å². The second-order valence-corrected chi connectivity index (χ2v) is 5.48. The molecule has 1 heterocycles. The average molecular weight is 312 g/mol. The molecule has 0 radical (unpaired) electrons. The van der Waals surface area contributed by atoms with Gasteiger partial charge < -0.3 is 10.5 Å². The van der Waals surface area contributed by atoms with Crippen LogP contribution >= 0.6 is 27.3 Å². The first-order valence-electron chi connectivity index (χ1n) is 5.25. The Morgan fingerprint density at radius 3 is 2.65 bits per heavy atom. The van der Waals surface area contributed by atoms with Crippen molar-refractivity contribution in [1.82, 2.24) is 0 Å². The third-order valence-electron chi connectivity index (χ3n) is 2.76. The normalized spacial score (nSPS) is 12.5. The van der Waals surface area contributed by atoms with Crippen LogP contribution in [0.25, 0.3) is 0 Å². The minimum absolute atomic E-state index is 0.0970. The molecule has 0 aliphatic rings. The van der Waals surface area contributed by atoms with Gasteiger partial charge in [-0.2, -0.15) is 11.3 Å².